The molecule has 9 heteroatoms. The fourth-order valence-electron chi connectivity index (χ4n) is 2.77. The maximum Gasteiger partial charge on any atom is 0.415 e. The summed E-state index contributed by atoms with van der Waals surface area (Å²) in [6, 6.07) is 13.2. The van der Waals surface area contributed by atoms with Gasteiger partial charge in [0.1, 0.15) is 12.4 Å². The van der Waals surface area contributed by atoms with Crippen LogP contribution in [0.2, 0.25) is 0 Å². The van der Waals surface area contributed by atoms with E-state index >= 15 is 0 Å². The fourth-order valence-corrected chi connectivity index (χ4v) is 2.77. The van der Waals surface area contributed by atoms with Gasteiger partial charge in [0.2, 0.25) is 0 Å². The highest BCUT2D eigenvalue weighted by Crippen LogP contribution is 2.37. The molecule has 1 unspecified atom stereocenters. The van der Waals surface area contributed by atoms with Gasteiger partial charge in [-0.3, -0.25) is 10.3 Å². The third-order valence-corrected chi connectivity index (χ3v) is 4.45. The second-order valence-corrected chi connectivity index (χ2v) is 6.48. The molecular weight excluding hydrogens is 387 g/mol. The van der Waals surface area contributed by atoms with Crippen molar-refractivity contribution in [1.29, 1.82) is 0 Å². The number of anilines is 2. The van der Waals surface area contributed by atoms with Crippen LogP contribution < -0.4 is 20.5 Å². The normalized spacial score (nSPS) is 18.6. The minimum Gasteiger partial charge on any atom is -0.491 e. The Morgan fingerprint density at radius 3 is 2.55 bits per heavy atom. The van der Waals surface area contributed by atoms with Gasteiger partial charge in [0, 0.05) is 11.9 Å². The molecule has 1 aliphatic rings. The number of amides is 1. The highest BCUT2D eigenvalue weighted by Gasteiger charge is 2.57. The lowest BCUT2D eigenvalue weighted by molar-refractivity contribution is -0.186. The second kappa shape index (κ2) is 8.04. The van der Waals surface area contributed by atoms with Crippen LogP contribution in [0.25, 0.3) is 0 Å². The Morgan fingerprint density at radius 1 is 1.21 bits per heavy atom. The zero-order valence-corrected chi connectivity index (χ0v) is 15.8. The number of rotatable bonds is 5. The first-order chi connectivity index (χ1) is 13.7. The summed E-state index contributed by atoms with van der Waals surface area (Å²) in [6.07, 6.45) is -2.85. The van der Waals surface area contributed by atoms with Crippen LogP contribution in [0.4, 0.5) is 29.3 Å². The van der Waals surface area contributed by atoms with Crippen molar-refractivity contribution in [2.24, 2.45) is 0 Å². The van der Waals surface area contributed by atoms with Crippen LogP contribution in [0.1, 0.15) is 5.56 Å². The van der Waals surface area contributed by atoms with Crippen LogP contribution in [0, 0.1) is 6.92 Å². The number of nitrogens with one attached hydrogen (secondary N) is 2. The Hall–Kier alpha value is -3.20. The average Bonchev–Trinajstić information content (AvgIpc) is 3.15. The fraction of sp³-hybridized carbons (Fsp3) is 0.250. The first-order valence-electron chi connectivity index (χ1n) is 8.71. The average molecular weight is 407 g/mol. The minimum atomic E-state index is -4.59. The maximum absolute atomic E-state index is 13.9. The highest BCUT2D eigenvalue weighted by molar-refractivity contribution is 5.85. The summed E-state index contributed by atoms with van der Waals surface area (Å²) in [5, 5.41) is 3.82. The smallest absolute Gasteiger partial charge is 0.415 e. The van der Waals surface area contributed by atoms with Crippen LogP contribution in [-0.2, 0) is 4.74 Å². The van der Waals surface area contributed by atoms with Crippen molar-refractivity contribution in [3.8, 4) is 5.75 Å². The Kier molecular flexibility index (Phi) is 5.69. The summed E-state index contributed by atoms with van der Waals surface area (Å²) in [4.78, 5) is 11.3. The van der Waals surface area contributed by atoms with E-state index in [-0.39, 0.29) is 5.75 Å². The number of nitrogens with zero attached hydrogens (tertiary/aromatic N) is 1. The van der Waals surface area contributed by atoms with Crippen molar-refractivity contribution >= 4 is 17.5 Å². The van der Waals surface area contributed by atoms with E-state index in [1.165, 1.54) is 30.5 Å². The third kappa shape index (κ3) is 4.45. The maximum atomic E-state index is 13.9. The van der Waals surface area contributed by atoms with Gasteiger partial charge in [0.05, 0.1) is 12.8 Å². The van der Waals surface area contributed by atoms with Gasteiger partial charge in [0.15, 0.2) is 5.54 Å². The first-order valence-corrected chi connectivity index (χ1v) is 8.71. The van der Waals surface area contributed by atoms with Gasteiger partial charge in [-0.2, -0.15) is 13.2 Å². The number of carbonyl (C=O) groups is 1. The Bertz CT molecular complexity index is 903. The molecule has 0 saturated carbocycles. The van der Waals surface area contributed by atoms with E-state index in [4.69, 9.17) is 4.74 Å². The highest BCUT2D eigenvalue weighted by atomic mass is 19.4. The molecule has 0 radical (unpaired) electrons. The van der Waals surface area contributed by atoms with Crippen LogP contribution in [-0.4, -0.2) is 31.5 Å². The van der Waals surface area contributed by atoms with Crippen LogP contribution >= 0.6 is 0 Å². The molecule has 1 aliphatic heterocycles. The molecule has 3 rings (SSSR count). The molecular formula is C20H20F3N3O3. The quantitative estimate of drug-likeness (QED) is 0.770. The SMILES string of the molecule is COC(=O)Nc1ccc(OCC2(C(F)(F)F)C=CN(c3ccccc3)N2)cc1C. The molecule has 2 aromatic carbocycles. The number of methoxy groups -OCH3 is 1. The number of alkyl halides is 3. The lowest BCUT2D eigenvalue weighted by Crippen LogP contribution is -2.60. The van der Waals surface area contributed by atoms with Gasteiger partial charge >= 0.3 is 12.3 Å². The summed E-state index contributed by atoms with van der Waals surface area (Å²) in [5.41, 5.74) is 1.78. The van der Waals surface area contributed by atoms with E-state index in [0.717, 1.165) is 6.08 Å². The Morgan fingerprint density at radius 2 is 1.93 bits per heavy atom. The van der Waals surface area contributed by atoms with E-state index in [2.05, 4.69) is 15.5 Å². The van der Waals surface area contributed by atoms with Crippen LogP contribution in [0.3, 0.4) is 0 Å². The first kappa shape index (κ1) is 20.5. The molecule has 0 aliphatic carbocycles. The standard InChI is InChI=1S/C20H20F3N3O3/c1-14-12-16(8-9-17(14)24-18(27)28-2)29-13-19(20(21,22)23)10-11-26(25-19)15-6-4-3-5-7-15/h3-12,25H,13H2,1-2H3,(H,24,27). The molecule has 2 aromatic rings. The number of hydrazine groups is 1. The van der Waals surface area contributed by atoms with Gasteiger partial charge in [0.25, 0.3) is 0 Å². The topological polar surface area (TPSA) is 62.8 Å². The molecule has 0 spiro atoms. The summed E-state index contributed by atoms with van der Waals surface area (Å²) in [5.74, 6) is 0.245. The number of aryl methyl sites for hydroxylation is 1. The van der Waals surface area contributed by atoms with Crippen LogP contribution in [0.5, 0.6) is 5.75 Å². The second-order valence-electron chi connectivity index (χ2n) is 6.48. The monoisotopic (exact) mass is 407 g/mol. The molecule has 1 heterocycles. The number of benzene rings is 2. The van der Waals surface area contributed by atoms with Crippen molar-refractivity contribution in [2.75, 3.05) is 24.0 Å². The third-order valence-electron chi connectivity index (χ3n) is 4.45. The van der Waals surface area contributed by atoms with Crippen molar-refractivity contribution in [2.45, 2.75) is 18.6 Å². The van der Waals surface area contributed by atoms with Crippen molar-refractivity contribution in [3.63, 3.8) is 0 Å². The molecule has 6 nitrogen and oxygen atoms in total. The lowest BCUT2D eigenvalue weighted by atomic mass is 10.0. The Labute approximate surface area is 165 Å². The zero-order chi connectivity index (χ0) is 21.1. The van der Waals surface area contributed by atoms with Crippen molar-refractivity contribution < 1.29 is 27.4 Å². The zero-order valence-electron chi connectivity index (χ0n) is 15.8. The summed E-state index contributed by atoms with van der Waals surface area (Å²) in [6.45, 7) is 1.03. The molecule has 0 saturated heterocycles. The Balaban J connectivity index is 1.74. The molecule has 0 aromatic heterocycles. The van der Waals surface area contributed by atoms with Gasteiger partial charge in [-0.05, 0) is 48.9 Å². The van der Waals surface area contributed by atoms with E-state index in [9.17, 15) is 18.0 Å². The van der Waals surface area contributed by atoms with E-state index in [1.807, 2.05) is 0 Å². The van der Waals surface area contributed by atoms with Gasteiger partial charge < -0.3 is 9.47 Å². The molecule has 1 amide bonds. The summed E-state index contributed by atoms with van der Waals surface area (Å²) >= 11 is 0. The lowest BCUT2D eigenvalue weighted by Gasteiger charge is -2.32. The van der Waals surface area contributed by atoms with Gasteiger partial charge in [-0.15, -0.1) is 0 Å². The van der Waals surface area contributed by atoms with E-state index in [1.54, 1.807) is 43.3 Å². The number of carbonyl (C=O) groups excluding carboxylic acids is 1. The molecule has 0 bridgehead atoms. The number of hydrogen-bond acceptors (Lipinski definition) is 5. The minimum absolute atomic E-state index is 0.245. The molecule has 1 atom stereocenters. The van der Waals surface area contributed by atoms with Crippen molar-refractivity contribution in [1.82, 2.24) is 5.43 Å². The number of hydrogen-bond donors (Lipinski definition) is 2. The predicted octanol–water partition coefficient (Wildman–Crippen LogP) is 4.39. The van der Waals surface area contributed by atoms with Crippen molar-refractivity contribution in [3.05, 3.63) is 66.4 Å². The number of halogens is 3. The van der Waals surface area contributed by atoms with Crippen LogP contribution in [0.15, 0.2) is 60.8 Å². The summed E-state index contributed by atoms with van der Waals surface area (Å²) in [7, 11) is 1.24. The van der Waals surface area contributed by atoms with Gasteiger partial charge in [-0.1, -0.05) is 18.2 Å². The molecule has 154 valence electrons. The largest absolute Gasteiger partial charge is 0.491 e. The summed E-state index contributed by atoms with van der Waals surface area (Å²) < 4.78 is 51.5. The van der Waals surface area contributed by atoms with Gasteiger partial charge in [-0.25, -0.2) is 10.2 Å². The molecule has 2 N–H and O–H groups in total. The number of para-hydroxylation sites is 1. The molecule has 0 fully saturated rings. The van der Waals surface area contributed by atoms with E-state index in [0.29, 0.717) is 16.9 Å². The van der Waals surface area contributed by atoms with E-state index < -0.39 is 24.4 Å². The molecule has 29 heavy (non-hydrogen) atoms. The predicted molar refractivity (Wildman–Crippen MR) is 103 cm³/mol. The number of ether oxygens (including phenoxy) is 2.